The molecular formula is C50H39NO3. The van der Waals surface area contributed by atoms with E-state index in [0.717, 1.165) is 33.9 Å². The van der Waals surface area contributed by atoms with Crippen molar-refractivity contribution in [2.45, 2.75) is 23.5 Å². The van der Waals surface area contributed by atoms with Gasteiger partial charge in [-0.25, -0.2) is 0 Å². The molecule has 0 saturated heterocycles. The van der Waals surface area contributed by atoms with E-state index < -0.39 is 11.0 Å². The van der Waals surface area contributed by atoms with E-state index in [1.165, 1.54) is 66.1 Å². The van der Waals surface area contributed by atoms with Crippen molar-refractivity contribution in [3.63, 3.8) is 0 Å². The van der Waals surface area contributed by atoms with Crippen molar-refractivity contribution in [1.82, 2.24) is 0 Å². The number of fused-ring (bicyclic) bond motifs is 12. The van der Waals surface area contributed by atoms with Gasteiger partial charge in [0.15, 0.2) is 5.60 Å². The number of benzene rings is 7. The standard InChI is InChI=1S/C50H39NO3/c1-51(2)34-20-18-33(19-21-34)49(32-12-6-5-7-13-32)27-26-39-47-46(37-24-22-35(52-3)28-40(37)48(39)54-49)38-25-23-36(53-4)29-43(38)50(47)41-14-8-10-30-16-17-31-11-9-15-42(50)45(31)44(30)41/h5-27,29,35H,28H2,1-4H3. The van der Waals surface area contributed by atoms with Gasteiger partial charge in [0.05, 0.1) is 18.6 Å². The highest BCUT2D eigenvalue weighted by molar-refractivity contribution is 6.18. The van der Waals surface area contributed by atoms with Crippen molar-refractivity contribution >= 4 is 39.4 Å². The maximum atomic E-state index is 7.76. The summed E-state index contributed by atoms with van der Waals surface area (Å²) < 4.78 is 19.8. The molecular weight excluding hydrogens is 663 g/mol. The van der Waals surface area contributed by atoms with E-state index in [1.54, 1.807) is 14.2 Å². The monoisotopic (exact) mass is 701 g/mol. The summed E-state index contributed by atoms with van der Waals surface area (Å²) in [5.41, 5.74) is 13.0. The van der Waals surface area contributed by atoms with Gasteiger partial charge in [-0.05, 0) is 90.8 Å². The molecule has 4 nitrogen and oxygen atoms in total. The van der Waals surface area contributed by atoms with Crippen LogP contribution >= 0.6 is 0 Å². The quantitative estimate of drug-likeness (QED) is 0.167. The summed E-state index contributed by atoms with van der Waals surface area (Å²) in [6.07, 6.45) is 9.83. The second-order valence-corrected chi connectivity index (χ2v) is 15.2. The Morgan fingerprint density at radius 2 is 1.39 bits per heavy atom. The normalized spacial score (nSPS) is 19.1. The molecule has 4 heteroatoms. The number of rotatable bonds is 5. The lowest BCUT2D eigenvalue weighted by atomic mass is 9.67. The van der Waals surface area contributed by atoms with Crippen LogP contribution in [0.25, 0.3) is 44.8 Å². The summed E-state index contributed by atoms with van der Waals surface area (Å²) in [7, 11) is 7.72. The topological polar surface area (TPSA) is 30.9 Å². The molecule has 0 bridgehead atoms. The van der Waals surface area contributed by atoms with E-state index in [4.69, 9.17) is 14.2 Å². The summed E-state index contributed by atoms with van der Waals surface area (Å²) >= 11 is 0. The van der Waals surface area contributed by atoms with Crippen molar-refractivity contribution in [1.29, 1.82) is 0 Å². The summed E-state index contributed by atoms with van der Waals surface area (Å²) in [6, 6.07) is 44.4. The van der Waals surface area contributed by atoms with Crippen LogP contribution in [-0.4, -0.2) is 34.4 Å². The van der Waals surface area contributed by atoms with Crippen LogP contribution in [0.15, 0.2) is 133 Å². The number of anilines is 1. The second kappa shape index (κ2) is 11.2. The van der Waals surface area contributed by atoms with Crippen LogP contribution in [0.2, 0.25) is 0 Å². The summed E-state index contributed by atoms with van der Waals surface area (Å²) in [5, 5.41) is 5.17. The van der Waals surface area contributed by atoms with Gasteiger partial charge < -0.3 is 19.1 Å². The number of methoxy groups -OCH3 is 2. The van der Waals surface area contributed by atoms with Gasteiger partial charge in [-0.15, -0.1) is 0 Å². The van der Waals surface area contributed by atoms with E-state index >= 15 is 0 Å². The average Bonchev–Trinajstić information content (AvgIpc) is 3.71. The van der Waals surface area contributed by atoms with Crippen LogP contribution in [-0.2, 0) is 22.2 Å². The third-order valence-electron chi connectivity index (χ3n) is 12.5. The Bertz CT molecular complexity index is 2710. The fraction of sp³-hybridized carbons (Fsp3) is 0.160. The first-order valence-corrected chi connectivity index (χ1v) is 18.8. The zero-order chi connectivity index (χ0) is 36.3. The Balaban J connectivity index is 1.28. The molecule has 1 aliphatic heterocycles. The number of hydrogen-bond donors (Lipinski definition) is 0. The molecule has 54 heavy (non-hydrogen) atoms. The number of hydrogen-bond acceptors (Lipinski definition) is 4. The fourth-order valence-electron chi connectivity index (χ4n) is 10.1. The Morgan fingerprint density at radius 3 is 2.06 bits per heavy atom. The Labute approximate surface area is 315 Å². The molecule has 0 radical (unpaired) electrons. The van der Waals surface area contributed by atoms with Crippen LogP contribution < -0.4 is 14.4 Å². The molecule has 0 N–H and O–H groups in total. The Hall–Kier alpha value is -6.10. The third kappa shape index (κ3) is 3.91. The largest absolute Gasteiger partial charge is 0.497 e. The van der Waals surface area contributed by atoms with Crippen molar-refractivity contribution in [2.24, 2.45) is 0 Å². The lowest BCUT2D eigenvalue weighted by molar-refractivity contribution is 0.133. The summed E-state index contributed by atoms with van der Waals surface area (Å²) in [5.74, 6) is 1.78. The van der Waals surface area contributed by atoms with Gasteiger partial charge in [-0.2, -0.15) is 0 Å². The predicted molar refractivity (Wildman–Crippen MR) is 220 cm³/mol. The molecule has 1 spiro atoms. The zero-order valence-corrected chi connectivity index (χ0v) is 30.8. The zero-order valence-electron chi connectivity index (χ0n) is 30.8. The minimum absolute atomic E-state index is 0.0661. The van der Waals surface area contributed by atoms with Crippen LogP contribution in [0.3, 0.4) is 0 Å². The SMILES string of the molecule is COc1ccc2c(c1)C1(c3c4c(c5c(c3-2)C=CC(OC)C5)OC(c2ccccc2)(c2ccc(N(C)C)cc2)C=C4)c2cccc3ccc4cccc1c4c23. The predicted octanol–water partition coefficient (Wildman–Crippen LogP) is 10.7. The molecule has 2 unspecified atom stereocenters. The first-order chi connectivity index (χ1) is 26.5. The smallest absolute Gasteiger partial charge is 0.178 e. The van der Waals surface area contributed by atoms with Gasteiger partial charge in [0.2, 0.25) is 0 Å². The Kier molecular flexibility index (Phi) is 6.52. The van der Waals surface area contributed by atoms with E-state index in [2.05, 4.69) is 165 Å². The van der Waals surface area contributed by atoms with Crippen molar-refractivity contribution < 1.29 is 14.2 Å². The first kappa shape index (κ1) is 31.4. The molecule has 262 valence electrons. The number of ether oxygens (including phenoxy) is 3. The van der Waals surface area contributed by atoms with E-state index in [9.17, 15) is 0 Å². The molecule has 3 aliphatic carbocycles. The van der Waals surface area contributed by atoms with Crippen molar-refractivity contribution in [2.75, 3.05) is 33.2 Å². The fourth-order valence-corrected chi connectivity index (χ4v) is 10.1. The van der Waals surface area contributed by atoms with Crippen LogP contribution in [0.5, 0.6) is 11.5 Å². The lowest BCUT2D eigenvalue weighted by Crippen LogP contribution is -2.36. The van der Waals surface area contributed by atoms with Gasteiger partial charge >= 0.3 is 0 Å². The lowest BCUT2D eigenvalue weighted by Gasteiger charge is -2.41. The van der Waals surface area contributed by atoms with Crippen LogP contribution in [0.1, 0.15) is 50.1 Å². The molecule has 2 atom stereocenters. The molecule has 0 aromatic heterocycles. The highest BCUT2D eigenvalue weighted by atomic mass is 16.5. The summed E-state index contributed by atoms with van der Waals surface area (Å²) in [6.45, 7) is 0. The Morgan fingerprint density at radius 1 is 0.685 bits per heavy atom. The van der Waals surface area contributed by atoms with Gasteiger partial charge in [-0.1, -0.05) is 115 Å². The third-order valence-corrected chi connectivity index (χ3v) is 12.5. The van der Waals surface area contributed by atoms with Crippen LogP contribution in [0, 0.1) is 0 Å². The molecule has 4 aliphatic rings. The second-order valence-electron chi connectivity index (χ2n) is 15.2. The van der Waals surface area contributed by atoms with Crippen molar-refractivity contribution in [3.8, 4) is 22.6 Å². The maximum absolute atomic E-state index is 7.76. The van der Waals surface area contributed by atoms with Gasteiger partial charge in [0.25, 0.3) is 0 Å². The van der Waals surface area contributed by atoms with E-state index in [-0.39, 0.29) is 6.10 Å². The van der Waals surface area contributed by atoms with Gasteiger partial charge in [0, 0.05) is 55.6 Å². The molecule has 1 heterocycles. The highest BCUT2D eigenvalue weighted by Crippen LogP contribution is 2.67. The molecule has 0 saturated carbocycles. The number of nitrogens with zero attached hydrogens (tertiary/aromatic N) is 1. The van der Waals surface area contributed by atoms with Crippen molar-refractivity contribution in [3.05, 3.63) is 184 Å². The molecule has 11 rings (SSSR count). The maximum Gasteiger partial charge on any atom is 0.178 e. The van der Waals surface area contributed by atoms with E-state index in [0.29, 0.717) is 6.42 Å². The molecule has 0 fully saturated rings. The molecule has 7 aromatic rings. The summed E-state index contributed by atoms with van der Waals surface area (Å²) in [4.78, 5) is 2.13. The van der Waals surface area contributed by atoms with E-state index in [1.807, 2.05) is 0 Å². The highest BCUT2D eigenvalue weighted by Gasteiger charge is 2.55. The minimum Gasteiger partial charge on any atom is -0.497 e. The van der Waals surface area contributed by atoms with Gasteiger partial charge in [-0.3, -0.25) is 0 Å². The van der Waals surface area contributed by atoms with Crippen LogP contribution in [0.4, 0.5) is 5.69 Å². The first-order valence-electron chi connectivity index (χ1n) is 18.8. The minimum atomic E-state index is -0.856. The molecule has 7 aromatic carbocycles. The average molecular weight is 702 g/mol. The molecule has 0 amide bonds. The van der Waals surface area contributed by atoms with Gasteiger partial charge in [0.1, 0.15) is 11.5 Å².